The van der Waals surface area contributed by atoms with Crippen LogP contribution in [0.25, 0.3) is 0 Å². The maximum Gasteiger partial charge on any atom is 0.331 e. The molecule has 78 valence electrons. The van der Waals surface area contributed by atoms with E-state index in [-0.39, 0.29) is 11.6 Å². The lowest BCUT2D eigenvalue weighted by Gasteiger charge is -2.33. The molecule has 0 saturated heterocycles. The molecule has 0 spiro atoms. The highest BCUT2D eigenvalue weighted by atomic mass is 16.6. The molecule has 0 N–H and O–H groups in total. The molecule has 0 aromatic heterocycles. The lowest BCUT2D eigenvalue weighted by molar-refractivity contribution is -0.154. The van der Waals surface area contributed by atoms with E-state index in [0.29, 0.717) is 0 Å². The molecule has 0 radical (unpaired) electrons. The molecule has 2 nitrogen and oxygen atoms in total. The van der Waals surface area contributed by atoms with Gasteiger partial charge in [0.25, 0.3) is 0 Å². The van der Waals surface area contributed by atoms with Crippen LogP contribution >= 0.6 is 0 Å². The van der Waals surface area contributed by atoms with E-state index >= 15 is 0 Å². The number of hydrogen-bond acceptors (Lipinski definition) is 2. The summed E-state index contributed by atoms with van der Waals surface area (Å²) in [5, 5.41) is 0. The Morgan fingerprint density at radius 3 is 3.00 bits per heavy atom. The molecule has 0 fully saturated rings. The van der Waals surface area contributed by atoms with Gasteiger partial charge in [0, 0.05) is 12.5 Å². The van der Waals surface area contributed by atoms with Crippen LogP contribution in [0.1, 0.15) is 39.5 Å². The quantitative estimate of drug-likeness (QED) is 0.508. The first kappa shape index (κ1) is 11.0. The van der Waals surface area contributed by atoms with Gasteiger partial charge in [-0.25, -0.2) is 4.79 Å². The lowest BCUT2D eigenvalue weighted by Crippen LogP contribution is -2.34. The van der Waals surface area contributed by atoms with E-state index in [9.17, 15) is 4.79 Å². The molecule has 1 heterocycles. The Balaban J connectivity index is 2.68. The molecule has 1 aliphatic heterocycles. The number of rotatable bonds is 4. The van der Waals surface area contributed by atoms with Crippen LogP contribution in [-0.2, 0) is 9.53 Å². The van der Waals surface area contributed by atoms with Gasteiger partial charge in [-0.3, -0.25) is 0 Å². The minimum Gasteiger partial charge on any atom is -0.456 e. The van der Waals surface area contributed by atoms with Crippen molar-refractivity contribution in [2.45, 2.75) is 45.1 Å². The summed E-state index contributed by atoms with van der Waals surface area (Å²) >= 11 is 0. The van der Waals surface area contributed by atoms with E-state index < -0.39 is 0 Å². The molecule has 1 atom stereocenters. The van der Waals surface area contributed by atoms with Crippen LogP contribution in [0, 0.1) is 0 Å². The van der Waals surface area contributed by atoms with Crippen molar-refractivity contribution in [1.82, 2.24) is 0 Å². The van der Waals surface area contributed by atoms with Crippen LogP contribution < -0.4 is 0 Å². The van der Waals surface area contributed by atoms with Gasteiger partial charge in [0.1, 0.15) is 5.60 Å². The maximum atomic E-state index is 11.3. The van der Waals surface area contributed by atoms with Crippen molar-refractivity contribution >= 4 is 5.97 Å². The first-order valence-electron chi connectivity index (χ1n) is 5.13. The largest absolute Gasteiger partial charge is 0.456 e. The van der Waals surface area contributed by atoms with Crippen LogP contribution in [-0.4, -0.2) is 11.6 Å². The van der Waals surface area contributed by atoms with Gasteiger partial charge in [0.2, 0.25) is 0 Å². The topological polar surface area (TPSA) is 26.3 Å². The molecule has 14 heavy (non-hydrogen) atoms. The third-order valence-corrected chi connectivity index (χ3v) is 2.60. The molecule has 2 heteroatoms. The summed E-state index contributed by atoms with van der Waals surface area (Å²) in [5.74, 6) is -0.195. The monoisotopic (exact) mass is 194 g/mol. The van der Waals surface area contributed by atoms with Crippen molar-refractivity contribution in [2.24, 2.45) is 0 Å². The molecule has 1 rings (SSSR count). The fraction of sp³-hybridized carbons (Fsp3) is 0.583. The second-order valence-corrected chi connectivity index (χ2v) is 4.03. The fourth-order valence-corrected chi connectivity index (χ4v) is 1.78. The number of ether oxygens (including phenoxy) is 1. The summed E-state index contributed by atoms with van der Waals surface area (Å²) in [6.45, 7) is 7.74. The number of hydrogen-bond donors (Lipinski definition) is 0. The lowest BCUT2D eigenvalue weighted by atomic mass is 9.88. The number of carbonyl (C=O) groups excluding carboxylic acids is 1. The second kappa shape index (κ2) is 4.45. The van der Waals surface area contributed by atoms with E-state index in [2.05, 4.69) is 13.5 Å². The Bertz CT molecular complexity index is 265. The third-order valence-electron chi connectivity index (χ3n) is 2.60. The molecule has 0 aromatic rings. The third kappa shape index (κ3) is 2.72. The minimum atomic E-state index is -0.314. The average molecular weight is 194 g/mol. The zero-order valence-electron chi connectivity index (χ0n) is 9.01. The maximum absolute atomic E-state index is 11.3. The van der Waals surface area contributed by atoms with Crippen LogP contribution in [0.4, 0.5) is 0 Å². The molecule has 1 unspecified atom stereocenters. The van der Waals surface area contributed by atoms with Crippen molar-refractivity contribution < 1.29 is 9.53 Å². The van der Waals surface area contributed by atoms with E-state index in [1.165, 1.54) is 5.57 Å². The van der Waals surface area contributed by atoms with Crippen molar-refractivity contribution in [3.05, 3.63) is 24.3 Å². The number of esters is 1. The Morgan fingerprint density at radius 2 is 2.43 bits per heavy atom. The minimum absolute atomic E-state index is 0.195. The molecule has 0 amide bonds. The summed E-state index contributed by atoms with van der Waals surface area (Å²) in [7, 11) is 0. The zero-order valence-corrected chi connectivity index (χ0v) is 9.01. The summed E-state index contributed by atoms with van der Waals surface area (Å²) < 4.78 is 5.34. The summed E-state index contributed by atoms with van der Waals surface area (Å²) in [6.07, 6.45) is 7.03. The van der Waals surface area contributed by atoms with Crippen LogP contribution in [0.3, 0.4) is 0 Å². The predicted molar refractivity (Wildman–Crippen MR) is 56.9 cm³/mol. The fourth-order valence-electron chi connectivity index (χ4n) is 1.78. The van der Waals surface area contributed by atoms with Gasteiger partial charge >= 0.3 is 5.97 Å². The van der Waals surface area contributed by atoms with E-state index in [4.69, 9.17) is 4.74 Å². The number of allylic oxidation sites excluding steroid dienone is 1. The average Bonchev–Trinajstić information content (AvgIpc) is 2.13. The van der Waals surface area contributed by atoms with Crippen LogP contribution in [0.2, 0.25) is 0 Å². The molecular formula is C12H18O2. The van der Waals surface area contributed by atoms with Gasteiger partial charge in [-0.1, -0.05) is 18.6 Å². The molecule has 0 saturated carbocycles. The van der Waals surface area contributed by atoms with Gasteiger partial charge in [-0.05, 0) is 26.2 Å². The van der Waals surface area contributed by atoms with E-state index in [1.807, 2.05) is 13.0 Å². The summed E-state index contributed by atoms with van der Waals surface area (Å²) in [5.41, 5.74) is 0.874. The summed E-state index contributed by atoms with van der Waals surface area (Å²) in [6, 6.07) is 0. The number of cyclic esters (lactones) is 1. The second-order valence-electron chi connectivity index (χ2n) is 4.03. The van der Waals surface area contributed by atoms with Gasteiger partial charge in [-0.2, -0.15) is 0 Å². The Labute approximate surface area is 85.6 Å². The first-order chi connectivity index (χ1) is 6.59. The highest BCUT2D eigenvalue weighted by molar-refractivity contribution is 5.84. The van der Waals surface area contributed by atoms with E-state index in [0.717, 1.165) is 25.7 Å². The van der Waals surface area contributed by atoms with Crippen LogP contribution in [0.15, 0.2) is 24.3 Å². The van der Waals surface area contributed by atoms with Crippen molar-refractivity contribution in [2.75, 3.05) is 0 Å². The van der Waals surface area contributed by atoms with Gasteiger partial charge in [-0.15, -0.1) is 6.58 Å². The Kier molecular flexibility index (Phi) is 3.50. The van der Waals surface area contributed by atoms with Crippen molar-refractivity contribution in [1.29, 1.82) is 0 Å². The molecule has 1 aliphatic rings. The highest BCUT2D eigenvalue weighted by Gasteiger charge is 2.31. The predicted octanol–water partition coefficient (Wildman–Crippen LogP) is 2.99. The summed E-state index contributed by atoms with van der Waals surface area (Å²) in [4.78, 5) is 11.3. The van der Waals surface area contributed by atoms with Crippen molar-refractivity contribution in [3.63, 3.8) is 0 Å². The normalized spacial score (nSPS) is 26.7. The molecule has 0 bridgehead atoms. The van der Waals surface area contributed by atoms with Crippen molar-refractivity contribution in [3.8, 4) is 0 Å². The number of carbonyl (C=O) groups is 1. The molecule has 0 aliphatic carbocycles. The Hall–Kier alpha value is -1.05. The van der Waals surface area contributed by atoms with Gasteiger partial charge in [0.15, 0.2) is 0 Å². The van der Waals surface area contributed by atoms with Crippen LogP contribution in [0.5, 0.6) is 0 Å². The smallest absolute Gasteiger partial charge is 0.331 e. The van der Waals surface area contributed by atoms with Gasteiger partial charge < -0.3 is 4.74 Å². The standard InChI is InChI=1S/C12H18O2/c1-4-6-7-12(3)9-10(5-2)8-11(13)14-12/h4,8H,1,5-7,9H2,2-3H3. The highest BCUT2D eigenvalue weighted by Crippen LogP contribution is 2.31. The van der Waals surface area contributed by atoms with Gasteiger partial charge in [0.05, 0.1) is 0 Å². The molecule has 0 aromatic carbocycles. The molecular weight excluding hydrogens is 176 g/mol. The Morgan fingerprint density at radius 1 is 1.71 bits per heavy atom. The first-order valence-corrected chi connectivity index (χ1v) is 5.13. The SMILES string of the molecule is C=CCCC1(C)CC(CC)=CC(=O)O1. The van der Waals surface area contributed by atoms with E-state index in [1.54, 1.807) is 6.08 Å². The zero-order chi connectivity index (χ0) is 10.6.